The number of amides is 1. The molecule has 1 atom stereocenters. The molecule has 0 saturated carbocycles. The Kier molecular flexibility index (Phi) is 3.17. The number of hydrogen-bond donors (Lipinski definition) is 1. The molecule has 2 heterocycles. The molecule has 2 aromatic rings. The van der Waals surface area contributed by atoms with Crippen molar-refractivity contribution in [1.29, 1.82) is 0 Å². The number of nitrogens with one attached hydrogen (secondary N) is 1. The quantitative estimate of drug-likeness (QED) is 0.843. The van der Waals surface area contributed by atoms with Gasteiger partial charge in [-0.1, -0.05) is 18.2 Å². The van der Waals surface area contributed by atoms with Crippen LogP contribution in [-0.2, 0) is 0 Å². The monoisotopic (exact) mass is 255 g/mol. The molecule has 1 saturated heterocycles. The minimum absolute atomic E-state index is 0.0818. The van der Waals surface area contributed by atoms with Gasteiger partial charge in [0.15, 0.2) is 0 Å². The molecule has 0 aliphatic carbocycles. The Morgan fingerprint density at radius 3 is 3.05 bits per heavy atom. The highest BCUT2D eigenvalue weighted by molar-refractivity contribution is 6.05. The Bertz CT molecular complexity index is 606. The van der Waals surface area contributed by atoms with Crippen molar-refractivity contribution < 1.29 is 4.79 Å². The van der Waals surface area contributed by atoms with Crippen LogP contribution >= 0.6 is 0 Å². The van der Waals surface area contributed by atoms with Crippen LogP contribution in [0.5, 0.6) is 0 Å². The fourth-order valence-electron chi connectivity index (χ4n) is 2.57. The van der Waals surface area contributed by atoms with Gasteiger partial charge in [0.05, 0.1) is 11.1 Å². The predicted molar refractivity (Wildman–Crippen MR) is 75.1 cm³/mol. The number of aromatic nitrogens is 1. The lowest BCUT2D eigenvalue weighted by molar-refractivity contribution is 0.0657. The van der Waals surface area contributed by atoms with Gasteiger partial charge in [0, 0.05) is 37.3 Å². The van der Waals surface area contributed by atoms with Crippen LogP contribution in [0, 0.1) is 0 Å². The van der Waals surface area contributed by atoms with Crippen LogP contribution in [-0.4, -0.2) is 41.5 Å². The number of fused-ring (bicyclic) bond motifs is 1. The minimum atomic E-state index is 0.0818. The Hall–Kier alpha value is -1.94. The van der Waals surface area contributed by atoms with Crippen LogP contribution in [0.1, 0.15) is 17.3 Å². The van der Waals surface area contributed by atoms with Crippen molar-refractivity contribution >= 4 is 16.8 Å². The molecular formula is C15H17N3O. The van der Waals surface area contributed by atoms with E-state index in [4.69, 9.17) is 0 Å². The molecule has 1 aromatic carbocycles. The number of benzene rings is 1. The minimum Gasteiger partial charge on any atom is -0.333 e. The number of carbonyl (C=O) groups is 1. The molecule has 19 heavy (non-hydrogen) atoms. The molecule has 0 unspecified atom stereocenters. The van der Waals surface area contributed by atoms with E-state index in [1.54, 1.807) is 6.20 Å². The third kappa shape index (κ3) is 2.19. The van der Waals surface area contributed by atoms with Gasteiger partial charge in [0.2, 0.25) is 0 Å². The molecule has 98 valence electrons. The second kappa shape index (κ2) is 4.97. The van der Waals surface area contributed by atoms with Crippen molar-refractivity contribution in [1.82, 2.24) is 15.2 Å². The van der Waals surface area contributed by atoms with Crippen LogP contribution in [0.15, 0.2) is 36.5 Å². The van der Waals surface area contributed by atoms with Gasteiger partial charge in [0.1, 0.15) is 0 Å². The van der Waals surface area contributed by atoms with E-state index in [-0.39, 0.29) is 11.9 Å². The summed E-state index contributed by atoms with van der Waals surface area (Å²) in [6.45, 7) is 4.53. The first-order chi connectivity index (χ1) is 9.27. The fraction of sp³-hybridized carbons (Fsp3) is 0.333. The summed E-state index contributed by atoms with van der Waals surface area (Å²) in [5.74, 6) is 0.0818. The Morgan fingerprint density at radius 1 is 1.37 bits per heavy atom. The van der Waals surface area contributed by atoms with Crippen LogP contribution < -0.4 is 5.32 Å². The van der Waals surface area contributed by atoms with E-state index >= 15 is 0 Å². The molecule has 3 rings (SSSR count). The summed E-state index contributed by atoms with van der Waals surface area (Å²) >= 11 is 0. The normalized spacial score (nSPS) is 19.6. The van der Waals surface area contributed by atoms with Crippen molar-refractivity contribution in [2.24, 2.45) is 0 Å². The largest absolute Gasteiger partial charge is 0.333 e. The van der Waals surface area contributed by atoms with Gasteiger partial charge in [-0.3, -0.25) is 9.78 Å². The second-order valence-corrected chi connectivity index (χ2v) is 4.93. The van der Waals surface area contributed by atoms with Crippen LogP contribution in [0.4, 0.5) is 0 Å². The Labute approximate surface area is 112 Å². The first-order valence-corrected chi connectivity index (χ1v) is 6.63. The summed E-state index contributed by atoms with van der Waals surface area (Å²) in [7, 11) is 0. The Morgan fingerprint density at radius 2 is 2.21 bits per heavy atom. The van der Waals surface area contributed by atoms with E-state index in [9.17, 15) is 4.79 Å². The smallest absolute Gasteiger partial charge is 0.256 e. The summed E-state index contributed by atoms with van der Waals surface area (Å²) < 4.78 is 0. The van der Waals surface area contributed by atoms with E-state index in [0.29, 0.717) is 5.56 Å². The number of carbonyl (C=O) groups excluding carboxylic acids is 1. The second-order valence-electron chi connectivity index (χ2n) is 4.93. The van der Waals surface area contributed by atoms with Crippen LogP contribution in [0.25, 0.3) is 10.9 Å². The number of pyridine rings is 1. The number of nitrogens with zero attached hydrogens (tertiary/aromatic N) is 2. The molecule has 1 fully saturated rings. The molecule has 0 spiro atoms. The molecule has 0 bridgehead atoms. The summed E-state index contributed by atoms with van der Waals surface area (Å²) in [4.78, 5) is 19.0. The molecule has 4 nitrogen and oxygen atoms in total. The summed E-state index contributed by atoms with van der Waals surface area (Å²) in [6, 6.07) is 9.88. The van der Waals surface area contributed by atoms with Crippen molar-refractivity contribution in [3.8, 4) is 0 Å². The van der Waals surface area contributed by atoms with Crippen molar-refractivity contribution in [2.75, 3.05) is 19.6 Å². The fourth-order valence-corrected chi connectivity index (χ4v) is 2.57. The van der Waals surface area contributed by atoms with Gasteiger partial charge in [0.25, 0.3) is 5.91 Å². The number of piperazine rings is 1. The average molecular weight is 255 g/mol. The van der Waals surface area contributed by atoms with Gasteiger partial charge in [-0.05, 0) is 19.1 Å². The van der Waals surface area contributed by atoms with Crippen molar-refractivity contribution in [3.63, 3.8) is 0 Å². The third-order valence-corrected chi connectivity index (χ3v) is 3.63. The third-order valence-electron chi connectivity index (χ3n) is 3.63. The molecule has 0 radical (unpaired) electrons. The number of hydrogen-bond acceptors (Lipinski definition) is 3. The van der Waals surface area contributed by atoms with E-state index in [1.807, 2.05) is 35.2 Å². The Balaban J connectivity index is 2.01. The van der Waals surface area contributed by atoms with E-state index in [0.717, 1.165) is 30.5 Å². The lowest BCUT2D eigenvalue weighted by atomic mass is 10.1. The maximum Gasteiger partial charge on any atom is 0.256 e. The lowest BCUT2D eigenvalue weighted by Crippen LogP contribution is -2.52. The highest BCUT2D eigenvalue weighted by Gasteiger charge is 2.25. The summed E-state index contributed by atoms with van der Waals surface area (Å²) in [5, 5.41) is 4.31. The molecular weight excluding hydrogens is 238 g/mol. The number of para-hydroxylation sites is 1. The average Bonchev–Trinajstić information content (AvgIpc) is 2.46. The van der Waals surface area contributed by atoms with Crippen molar-refractivity contribution in [3.05, 3.63) is 42.1 Å². The van der Waals surface area contributed by atoms with E-state index < -0.39 is 0 Å². The molecule has 1 N–H and O–H groups in total. The standard InChI is InChI=1S/C15H17N3O/c1-11-10-16-8-9-18(11)15(19)13-6-2-4-12-5-3-7-17-14(12)13/h2-7,11,16H,8-10H2,1H3/t11-/m1/s1. The zero-order valence-electron chi connectivity index (χ0n) is 11.0. The van der Waals surface area contributed by atoms with E-state index in [1.165, 1.54) is 0 Å². The zero-order valence-corrected chi connectivity index (χ0v) is 11.0. The first kappa shape index (κ1) is 12.1. The summed E-state index contributed by atoms with van der Waals surface area (Å²) in [5.41, 5.74) is 1.49. The molecule has 4 heteroatoms. The molecule has 1 aliphatic heterocycles. The molecule has 1 aliphatic rings. The van der Waals surface area contributed by atoms with Gasteiger partial charge in [-0.2, -0.15) is 0 Å². The highest BCUT2D eigenvalue weighted by Crippen LogP contribution is 2.19. The zero-order chi connectivity index (χ0) is 13.2. The highest BCUT2D eigenvalue weighted by atomic mass is 16.2. The number of rotatable bonds is 1. The SMILES string of the molecule is C[C@@H]1CNCCN1C(=O)c1cccc2cccnc12. The van der Waals surface area contributed by atoms with Crippen molar-refractivity contribution in [2.45, 2.75) is 13.0 Å². The lowest BCUT2D eigenvalue weighted by Gasteiger charge is -2.34. The maximum atomic E-state index is 12.7. The van der Waals surface area contributed by atoms with Gasteiger partial charge < -0.3 is 10.2 Å². The molecule has 1 amide bonds. The van der Waals surface area contributed by atoms with Gasteiger partial charge >= 0.3 is 0 Å². The topological polar surface area (TPSA) is 45.2 Å². The summed E-state index contributed by atoms with van der Waals surface area (Å²) in [6.07, 6.45) is 1.74. The maximum absolute atomic E-state index is 12.7. The van der Waals surface area contributed by atoms with Crippen LogP contribution in [0.2, 0.25) is 0 Å². The van der Waals surface area contributed by atoms with Gasteiger partial charge in [-0.15, -0.1) is 0 Å². The van der Waals surface area contributed by atoms with Crippen LogP contribution in [0.3, 0.4) is 0 Å². The predicted octanol–water partition coefficient (Wildman–Crippen LogP) is 1.67. The first-order valence-electron chi connectivity index (χ1n) is 6.63. The van der Waals surface area contributed by atoms with E-state index in [2.05, 4.69) is 17.2 Å². The van der Waals surface area contributed by atoms with Gasteiger partial charge in [-0.25, -0.2) is 0 Å². The molecule has 1 aromatic heterocycles.